The van der Waals surface area contributed by atoms with Crippen molar-refractivity contribution in [2.75, 3.05) is 11.9 Å². The van der Waals surface area contributed by atoms with Crippen molar-refractivity contribution >= 4 is 51.9 Å². The van der Waals surface area contributed by atoms with Crippen LogP contribution in [0.2, 0.25) is 5.02 Å². The molecular formula is C27H24ClIN2O3. The van der Waals surface area contributed by atoms with Gasteiger partial charge in [-0.15, -0.1) is 0 Å². The zero-order valence-electron chi connectivity index (χ0n) is 19.1. The van der Waals surface area contributed by atoms with Crippen LogP contribution in [0.3, 0.4) is 0 Å². The van der Waals surface area contributed by atoms with Gasteiger partial charge in [0, 0.05) is 16.3 Å². The SMILES string of the molecule is CCOc1cc(/C=C(/C#N)C(=O)Nc2ccc(C)cc2C)cc(I)c1OCc1ccccc1Cl. The highest BCUT2D eigenvalue weighted by Crippen LogP contribution is 2.36. The third-order valence-corrected chi connectivity index (χ3v) is 6.14. The summed E-state index contributed by atoms with van der Waals surface area (Å²) in [5.41, 5.74) is 4.21. The van der Waals surface area contributed by atoms with E-state index in [2.05, 4.69) is 27.9 Å². The first-order valence-electron chi connectivity index (χ1n) is 10.6. The lowest BCUT2D eigenvalue weighted by Gasteiger charge is -2.15. The second-order valence-electron chi connectivity index (χ2n) is 7.59. The van der Waals surface area contributed by atoms with E-state index in [1.165, 1.54) is 0 Å². The number of aryl methyl sites for hydroxylation is 2. The summed E-state index contributed by atoms with van der Waals surface area (Å²) in [7, 11) is 0. The van der Waals surface area contributed by atoms with Crippen LogP contribution >= 0.6 is 34.2 Å². The van der Waals surface area contributed by atoms with Crippen molar-refractivity contribution in [1.29, 1.82) is 5.26 Å². The van der Waals surface area contributed by atoms with Crippen molar-refractivity contribution < 1.29 is 14.3 Å². The number of amides is 1. The van der Waals surface area contributed by atoms with Gasteiger partial charge in [0.05, 0.1) is 10.2 Å². The number of nitrogens with zero attached hydrogens (tertiary/aromatic N) is 1. The van der Waals surface area contributed by atoms with Crippen molar-refractivity contribution in [3.05, 3.63) is 91.0 Å². The van der Waals surface area contributed by atoms with Crippen LogP contribution in [0.15, 0.2) is 60.2 Å². The van der Waals surface area contributed by atoms with Gasteiger partial charge >= 0.3 is 0 Å². The van der Waals surface area contributed by atoms with Crippen molar-refractivity contribution in [1.82, 2.24) is 0 Å². The van der Waals surface area contributed by atoms with Crippen molar-refractivity contribution in [2.24, 2.45) is 0 Å². The average Bonchev–Trinajstić information content (AvgIpc) is 2.80. The normalized spacial score (nSPS) is 11.0. The molecule has 0 aliphatic rings. The summed E-state index contributed by atoms with van der Waals surface area (Å²) in [4.78, 5) is 12.8. The molecule has 5 nitrogen and oxygen atoms in total. The molecule has 0 saturated carbocycles. The molecule has 3 rings (SSSR count). The Morgan fingerprint density at radius 1 is 1.15 bits per heavy atom. The molecule has 3 aromatic carbocycles. The van der Waals surface area contributed by atoms with E-state index in [1.807, 2.05) is 75.4 Å². The Labute approximate surface area is 218 Å². The first kappa shape index (κ1) is 25.6. The number of anilines is 1. The maximum Gasteiger partial charge on any atom is 0.266 e. The van der Waals surface area contributed by atoms with Gasteiger partial charge in [-0.1, -0.05) is 47.5 Å². The number of hydrogen-bond acceptors (Lipinski definition) is 4. The Hall–Kier alpha value is -3.02. The van der Waals surface area contributed by atoms with Gasteiger partial charge in [0.1, 0.15) is 18.2 Å². The average molecular weight is 587 g/mol. The van der Waals surface area contributed by atoms with Gasteiger partial charge in [-0.3, -0.25) is 4.79 Å². The number of benzene rings is 3. The molecule has 0 bridgehead atoms. The molecular weight excluding hydrogens is 563 g/mol. The molecule has 0 atom stereocenters. The van der Waals surface area contributed by atoms with E-state index in [4.69, 9.17) is 21.1 Å². The number of halogens is 2. The van der Waals surface area contributed by atoms with Gasteiger partial charge in [0.25, 0.3) is 5.91 Å². The zero-order valence-corrected chi connectivity index (χ0v) is 22.0. The first-order valence-corrected chi connectivity index (χ1v) is 12.1. The van der Waals surface area contributed by atoms with E-state index >= 15 is 0 Å². The molecule has 0 aliphatic heterocycles. The van der Waals surface area contributed by atoms with E-state index in [-0.39, 0.29) is 12.2 Å². The van der Waals surface area contributed by atoms with Crippen LogP contribution < -0.4 is 14.8 Å². The zero-order chi connectivity index (χ0) is 24.7. The second-order valence-corrected chi connectivity index (χ2v) is 9.15. The molecule has 0 aromatic heterocycles. The fraction of sp³-hybridized carbons (Fsp3) is 0.185. The maximum atomic E-state index is 12.8. The monoisotopic (exact) mass is 586 g/mol. The number of hydrogen-bond donors (Lipinski definition) is 1. The maximum absolute atomic E-state index is 12.8. The molecule has 7 heteroatoms. The van der Waals surface area contributed by atoms with E-state index in [0.29, 0.717) is 34.4 Å². The van der Waals surface area contributed by atoms with Gasteiger partial charge in [-0.05, 0) is 84.8 Å². The lowest BCUT2D eigenvalue weighted by atomic mass is 10.1. The summed E-state index contributed by atoms with van der Waals surface area (Å²) in [6.07, 6.45) is 1.54. The molecule has 0 aliphatic carbocycles. The third-order valence-electron chi connectivity index (χ3n) is 4.97. The number of nitriles is 1. The molecule has 174 valence electrons. The number of ether oxygens (including phenoxy) is 2. The van der Waals surface area contributed by atoms with E-state index < -0.39 is 5.91 Å². The minimum Gasteiger partial charge on any atom is -0.490 e. The second kappa shape index (κ2) is 11.9. The fourth-order valence-corrected chi connectivity index (χ4v) is 4.27. The predicted octanol–water partition coefficient (Wildman–Crippen LogP) is 7.08. The molecule has 0 heterocycles. The van der Waals surface area contributed by atoms with Gasteiger partial charge in [0.15, 0.2) is 11.5 Å². The molecule has 0 radical (unpaired) electrons. The lowest BCUT2D eigenvalue weighted by Crippen LogP contribution is -2.14. The lowest BCUT2D eigenvalue weighted by molar-refractivity contribution is -0.112. The number of nitrogens with one attached hydrogen (secondary N) is 1. The summed E-state index contributed by atoms with van der Waals surface area (Å²) in [5.74, 6) is 0.638. The Morgan fingerprint density at radius 3 is 2.59 bits per heavy atom. The highest BCUT2D eigenvalue weighted by Gasteiger charge is 2.15. The highest BCUT2D eigenvalue weighted by molar-refractivity contribution is 14.1. The smallest absolute Gasteiger partial charge is 0.266 e. The van der Waals surface area contributed by atoms with Crippen LogP contribution in [0.4, 0.5) is 5.69 Å². The predicted molar refractivity (Wildman–Crippen MR) is 144 cm³/mol. The molecule has 1 N–H and O–H groups in total. The molecule has 3 aromatic rings. The third kappa shape index (κ3) is 6.52. The quantitative estimate of drug-likeness (QED) is 0.174. The summed E-state index contributed by atoms with van der Waals surface area (Å²) >= 11 is 8.40. The van der Waals surface area contributed by atoms with E-state index in [0.717, 1.165) is 20.3 Å². The van der Waals surface area contributed by atoms with Crippen molar-refractivity contribution in [2.45, 2.75) is 27.4 Å². The Bertz CT molecular complexity index is 1280. The highest BCUT2D eigenvalue weighted by atomic mass is 127. The topological polar surface area (TPSA) is 71.3 Å². The molecule has 0 unspecified atom stereocenters. The number of carbonyl (C=O) groups is 1. The number of rotatable bonds is 8. The van der Waals surface area contributed by atoms with E-state index in [9.17, 15) is 10.1 Å². The van der Waals surface area contributed by atoms with E-state index in [1.54, 1.807) is 12.1 Å². The standard InChI is InChI=1S/C27H24ClIN2O3/c1-4-33-25-14-19(13-23(29)26(25)34-16-20-7-5-6-8-22(20)28)12-21(15-30)27(32)31-24-10-9-17(2)11-18(24)3/h5-14H,4,16H2,1-3H3,(H,31,32)/b21-12-. The molecule has 34 heavy (non-hydrogen) atoms. The van der Waals surface area contributed by atoms with Crippen molar-refractivity contribution in [3.8, 4) is 17.6 Å². The van der Waals surface area contributed by atoms with Gasteiger partial charge in [0.2, 0.25) is 0 Å². The molecule has 0 saturated heterocycles. The Morgan fingerprint density at radius 2 is 1.91 bits per heavy atom. The molecule has 0 spiro atoms. The first-order chi connectivity index (χ1) is 16.3. The molecule has 0 fully saturated rings. The van der Waals surface area contributed by atoms with Crippen LogP contribution in [-0.2, 0) is 11.4 Å². The fourth-order valence-electron chi connectivity index (χ4n) is 3.30. The van der Waals surface area contributed by atoms with Crippen LogP contribution in [0, 0.1) is 28.7 Å². The number of carbonyl (C=O) groups excluding carboxylic acids is 1. The Balaban J connectivity index is 1.86. The summed E-state index contributed by atoms with van der Waals surface area (Å²) < 4.78 is 12.6. The largest absolute Gasteiger partial charge is 0.490 e. The molecule has 1 amide bonds. The van der Waals surface area contributed by atoms with Gasteiger partial charge < -0.3 is 14.8 Å². The van der Waals surface area contributed by atoms with Crippen LogP contribution in [0.5, 0.6) is 11.5 Å². The summed E-state index contributed by atoms with van der Waals surface area (Å²) in [5, 5.41) is 13.1. The minimum atomic E-state index is -0.471. The van der Waals surface area contributed by atoms with Crippen LogP contribution in [0.1, 0.15) is 29.2 Å². The van der Waals surface area contributed by atoms with Gasteiger partial charge in [-0.25, -0.2) is 0 Å². The van der Waals surface area contributed by atoms with Gasteiger partial charge in [-0.2, -0.15) is 5.26 Å². The van der Waals surface area contributed by atoms with Crippen LogP contribution in [0.25, 0.3) is 6.08 Å². The van der Waals surface area contributed by atoms with Crippen LogP contribution in [-0.4, -0.2) is 12.5 Å². The Kier molecular flexibility index (Phi) is 8.97. The summed E-state index contributed by atoms with van der Waals surface area (Å²) in [6.45, 7) is 6.50. The minimum absolute atomic E-state index is 0.0111. The van der Waals surface area contributed by atoms with Crippen molar-refractivity contribution in [3.63, 3.8) is 0 Å². The summed E-state index contributed by atoms with van der Waals surface area (Å²) in [6, 6.07) is 18.8.